The first-order chi connectivity index (χ1) is 6.75. The van der Waals surface area contributed by atoms with E-state index in [0.29, 0.717) is 5.69 Å². The van der Waals surface area contributed by atoms with Crippen LogP contribution in [0.15, 0.2) is 36.4 Å². The van der Waals surface area contributed by atoms with E-state index in [2.05, 4.69) is 4.98 Å². The minimum absolute atomic E-state index is 0.217. The highest BCUT2D eigenvalue weighted by Crippen LogP contribution is 2.11. The molecule has 14 heavy (non-hydrogen) atoms. The van der Waals surface area contributed by atoms with E-state index in [1.165, 1.54) is 0 Å². The summed E-state index contributed by atoms with van der Waals surface area (Å²) in [4.78, 5) is 14.1. The number of rotatable bonds is 2. The molecule has 0 N–H and O–H groups in total. The maximum absolute atomic E-state index is 10.3. The molecule has 0 saturated carbocycles. The number of nitro groups is 1. The molecule has 0 aliphatic heterocycles. The summed E-state index contributed by atoms with van der Waals surface area (Å²) in [7, 11) is 0. The third-order valence-corrected chi connectivity index (χ3v) is 1.95. The van der Waals surface area contributed by atoms with Crippen molar-refractivity contribution in [2.24, 2.45) is 0 Å². The van der Waals surface area contributed by atoms with Crippen molar-refractivity contribution in [3.05, 3.63) is 52.2 Å². The molecule has 0 bridgehead atoms. The van der Waals surface area contributed by atoms with E-state index < -0.39 is 0 Å². The van der Waals surface area contributed by atoms with Gasteiger partial charge in [0, 0.05) is 10.3 Å². The van der Waals surface area contributed by atoms with E-state index in [-0.39, 0.29) is 11.5 Å². The van der Waals surface area contributed by atoms with Gasteiger partial charge in [-0.1, -0.05) is 24.3 Å². The first kappa shape index (κ1) is 8.62. The van der Waals surface area contributed by atoms with Gasteiger partial charge in [-0.05, 0) is 12.1 Å². The third-order valence-electron chi connectivity index (χ3n) is 1.95. The fourth-order valence-corrected chi connectivity index (χ4v) is 1.33. The number of para-hydroxylation sites is 1. The van der Waals surface area contributed by atoms with Crippen LogP contribution in [0.2, 0.25) is 0 Å². The van der Waals surface area contributed by atoms with Gasteiger partial charge in [-0.15, -0.1) is 0 Å². The average molecular weight is 188 g/mol. The first-order valence-corrected chi connectivity index (χ1v) is 4.22. The third kappa shape index (κ3) is 1.69. The Morgan fingerprint density at radius 1 is 1.21 bits per heavy atom. The lowest BCUT2D eigenvalue weighted by Gasteiger charge is -1.98. The highest BCUT2D eigenvalue weighted by Gasteiger charge is 2.03. The van der Waals surface area contributed by atoms with Crippen molar-refractivity contribution in [2.75, 3.05) is 0 Å². The lowest BCUT2D eigenvalue weighted by Crippen LogP contribution is -2.00. The predicted molar refractivity (Wildman–Crippen MR) is 52.4 cm³/mol. The fourth-order valence-electron chi connectivity index (χ4n) is 1.33. The van der Waals surface area contributed by atoms with Crippen LogP contribution >= 0.6 is 0 Å². The Labute approximate surface area is 80.4 Å². The second-order valence-corrected chi connectivity index (χ2v) is 2.99. The second kappa shape index (κ2) is 3.41. The maximum Gasteiger partial charge on any atom is 0.245 e. The molecule has 2 rings (SSSR count). The van der Waals surface area contributed by atoms with Crippen molar-refractivity contribution in [1.29, 1.82) is 0 Å². The van der Waals surface area contributed by atoms with Gasteiger partial charge in [0.2, 0.25) is 6.54 Å². The van der Waals surface area contributed by atoms with Gasteiger partial charge in [0.1, 0.15) is 5.69 Å². The zero-order chi connectivity index (χ0) is 9.97. The Balaban J connectivity index is 2.46. The standard InChI is InChI=1S/C10H8N2O2/c13-12(14)7-9-6-5-8-3-1-2-4-10(8)11-9/h1-6H,7H2. The lowest BCUT2D eigenvalue weighted by molar-refractivity contribution is -0.497. The van der Waals surface area contributed by atoms with E-state index in [9.17, 15) is 10.1 Å². The van der Waals surface area contributed by atoms with E-state index in [4.69, 9.17) is 0 Å². The summed E-state index contributed by atoms with van der Waals surface area (Å²) in [5, 5.41) is 11.3. The Morgan fingerprint density at radius 2 is 2.00 bits per heavy atom. The summed E-state index contributed by atoms with van der Waals surface area (Å²) in [6.45, 7) is -0.217. The topological polar surface area (TPSA) is 56.0 Å². The van der Waals surface area contributed by atoms with Gasteiger partial charge >= 0.3 is 0 Å². The molecule has 4 heteroatoms. The zero-order valence-electron chi connectivity index (χ0n) is 7.38. The number of hydrogen-bond donors (Lipinski definition) is 0. The molecular formula is C10H8N2O2. The minimum atomic E-state index is -0.378. The molecule has 2 aromatic rings. The number of hydrogen-bond acceptors (Lipinski definition) is 3. The Hall–Kier alpha value is -1.97. The highest BCUT2D eigenvalue weighted by atomic mass is 16.6. The Bertz CT molecular complexity index is 482. The van der Waals surface area contributed by atoms with Crippen LogP contribution in [0.5, 0.6) is 0 Å². The number of pyridine rings is 1. The van der Waals surface area contributed by atoms with Gasteiger partial charge < -0.3 is 0 Å². The molecule has 0 spiro atoms. The quantitative estimate of drug-likeness (QED) is 0.535. The molecule has 4 nitrogen and oxygen atoms in total. The molecule has 0 amide bonds. The van der Waals surface area contributed by atoms with Crippen LogP contribution in [0.25, 0.3) is 10.9 Å². The molecule has 0 unspecified atom stereocenters. The van der Waals surface area contributed by atoms with Crippen LogP contribution in [0, 0.1) is 10.1 Å². The van der Waals surface area contributed by atoms with Gasteiger partial charge in [0.05, 0.1) is 5.52 Å². The van der Waals surface area contributed by atoms with Crippen LogP contribution in [-0.4, -0.2) is 9.91 Å². The first-order valence-electron chi connectivity index (χ1n) is 4.22. The van der Waals surface area contributed by atoms with Crippen molar-refractivity contribution in [2.45, 2.75) is 6.54 Å². The maximum atomic E-state index is 10.3. The van der Waals surface area contributed by atoms with Crippen molar-refractivity contribution >= 4 is 10.9 Å². The largest absolute Gasteiger partial charge is 0.264 e. The predicted octanol–water partition coefficient (Wildman–Crippen LogP) is 2.01. The van der Waals surface area contributed by atoms with Crippen molar-refractivity contribution in [3.8, 4) is 0 Å². The highest BCUT2D eigenvalue weighted by molar-refractivity contribution is 5.78. The number of aromatic nitrogens is 1. The zero-order valence-corrected chi connectivity index (χ0v) is 7.38. The van der Waals surface area contributed by atoms with Crippen LogP contribution in [0.1, 0.15) is 5.69 Å². The molecule has 0 aliphatic carbocycles. The van der Waals surface area contributed by atoms with E-state index >= 15 is 0 Å². The van der Waals surface area contributed by atoms with Gasteiger partial charge in [0.25, 0.3) is 0 Å². The minimum Gasteiger partial charge on any atom is -0.264 e. The lowest BCUT2D eigenvalue weighted by atomic mass is 10.2. The fraction of sp³-hybridized carbons (Fsp3) is 0.100. The van der Waals surface area contributed by atoms with E-state index in [1.54, 1.807) is 6.07 Å². The van der Waals surface area contributed by atoms with Crippen LogP contribution in [0.3, 0.4) is 0 Å². The number of benzene rings is 1. The normalized spacial score (nSPS) is 10.3. The molecule has 0 saturated heterocycles. The summed E-state index contributed by atoms with van der Waals surface area (Å²) in [5.41, 5.74) is 1.29. The molecule has 0 fully saturated rings. The summed E-state index contributed by atoms with van der Waals surface area (Å²) in [5.74, 6) is 0. The SMILES string of the molecule is O=[N+]([O-])Cc1ccc2ccccc2n1. The molecule has 70 valence electrons. The molecule has 0 atom stereocenters. The molecule has 1 aromatic heterocycles. The average Bonchev–Trinajstić information content (AvgIpc) is 2.17. The summed E-state index contributed by atoms with van der Waals surface area (Å²) in [6.07, 6.45) is 0. The monoisotopic (exact) mass is 188 g/mol. The van der Waals surface area contributed by atoms with Crippen molar-refractivity contribution < 1.29 is 4.92 Å². The van der Waals surface area contributed by atoms with Gasteiger partial charge in [-0.3, -0.25) is 10.1 Å². The van der Waals surface area contributed by atoms with Crippen molar-refractivity contribution in [3.63, 3.8) is 0 Å². The van der Waals surface area contributed by atoms with Crippen LogP contribution < -0.4 is 0 Å². The molecule has 1 aromatic carbocycles. The summed E-state index contributed by atoms with van der Waals surface area (Å²) < 4.78 is 0. The Morgan fingerprint density at radius 3 is 2.79 bits per heavy atom. The van der Waals surface area contributed by atoms with Gasteiger partial charge in [-0.2, -0.15) is 0 Å². The molecular weight excluding hydrogens is 180 g/mol. The van der Waals surface area contributed by atoms with E-state index in [1.807, 2.05) is 30.3 Å². The smallest absolute Gasteiger partial charge is 0.245 e. The molecule has 0 radical (unpaired) electrons. The van der Waals surface area contributed by atoms with Gasteiger partial charge in [0.15, 0.2) is 0 Å². The van der Waals surface area contributed by atoms with Crippen LogP contribution in [0.4, 0.5) is 0 Å². The van der Waals surface area contributed by atoms with Crippen molar-refractivity contribution in [1.82, 2.24) is 4.98 Å². The number of nitrogens with zero attached hydrogens (tertiary/aromatic N) is 2. The Kier molecular flexibility index (Phi) is 2.10. The second-order valence-electron chi connectivity index (χ2n) is 2.99. The van der Waals surface area contributed by atoms with Gasteiger partial charge in [-0.25, -0.2) is 4.98 Å². The van der Waals surface area contributed by atoms with Crippen LogP contribution in [-0.2, 0) is 6.54 Å². The molecule has 1 heterocycles. The summed E-state index contributed by atoms with van der Waals surface area (Å²) in [6, 6.07) is 11.1. The number of fused-ring (bicyclic) bond motifs is 1. The summed E-state index contributed by atoms with van der Waals surface area (Å²) >= 11 is 0. The molecule has 0 aliphatic rings. The van der Waals surface area contributed by atoms with E-state index in [0.717, 1.165) is 10.9 Å².